The number of ether oxygens (including phenoxy) is 1. The number of fused-ring (bicyclic) bond motifs is 1. The molecule has 1 aliphatic carbocycles. The first-order valence-electron chi connectivity index (χ1n) is 17.4. The van der Waals surface area contributed by atoms with Crippen LogP contribution in [0.4, 0.5) is 4.79 Å². The Hall–Kier alpha value is -4.44. The maximum absolute atomic E-state index is 14.8. The quantitative estimate of drug-likeness (QED) is 0.313. The van der Waals surface area contributed by atoms with E-state index in [0.29, 0.717) is 25.9 Å². The molecule has 3 atom stereocenters. The number of benzene rings is 2. The average Bonchev–Trinajstić information content (AvgIpc) is 3.05. The van der Waals surface area contributed by atoms with Gasteiger partial charge in [0.1, 0.15) is 11.6 Å². The molecule has 1 saturated heterocycles. The number of aromatic carboxylic acids is 1. The highest BCUT2D eigenvalue weighted by atomic mass is 16.6. The summed E-state index contributed by atoms with van der Waals surface area (Å²) in [6, 6.07) is 15.6. The van der Waals surface area contributed by atoms with Gasteiger partial charge in [-0.3, -0.25) is 9.59 Å². The molecule has 268 valence electrons. The van der Waals surface area contributed by atoms with Gasteiger partial charge in [0.25, 0.3) is 0 Å². The number of likely N-dealkylation sites (tertiary alicyclic amines) is 1. The van der Waals surface area contributed by atoms with Gasteiger partial charge in [-0.15, -0.1) is 0 Å². The topological polar surface area (TPSA) is 136 Å². The number of amides is 3. The van der Waals surface area contributed by atoms with Crippen molar-refractivity contribution < 1.29 is 34.1 Å². The van der Waals surface area contributed by atoms with Gasteiger partial charge in [0.15, 0.2) is 0 Å². The Balaban J connectivity index is 1.36. The number of nitrogens with zero attached hydrogens (tertiary/aromatic N) is 2. The molecule has 1 fully saturated rings. The number of hydrogen-bond donors (Lipinski definition) is 3. The standard InChI is InChI=1S/C40H51N3O7/c1-26(44)32(41-36(49)50-37(2,3)4)33(45)42-23-20-40(21-24-42,29-11-9-8-10-12-29)35(48)43-22-18-31-38(5,6)30(17-19-39(31,7)25-43)27-13-15-28(16-14-27)34(46)47/h8-18,26,32,44H,19-25H2,1-7H3,(H,41,49)(H,46,47)/t26-,32+,39+/m0/s1. The summed E-state index contributed by atoms with van der Waals surface area (Å²) in [5, 5.41) is 22.4. The molecule has 2 heterocycles. The van der Waals surface area contributed by atoms with Gasteiger partial charge in [0.2, 0.25) is 11.8 Å². The van der Waals surface area contributed by atoms with Crippen LogP contribution in [0.15, 0.2) is 72.3 Å². The Bertz CT molecular complexity index is 1680. The smallest absolute Gasteiger partial charge is 0.408 e. The third kappa shape index (κ3) is 7.22. The number of nitrogens with one attached hydrogen (secondary N) is 1. The first-order valence-corrected chi connectivity index (χ1v) is 17.4. The summed E-state index contributed by atoms with van der Waals surface area (Å²) in [5.74, 6) is -1.34. The number of allylic oxidation sites excluding steroid dienone is 2. The number of aliphatic hydroxyl groups is 1. The van der Waals surface area contributed by atoms with Crippen molar-refractivity contribution in [2.24, 2.45) is 10.8 Å². The molecule has 10 heteroatoms. The average molecular weight is 686 g/mol. The van der Waals surface area contributed by atoms with Crippen molar-refractivity contribution in [3.63, 3.8) is 0 Å². The monoisotopic (exact) mass is 685 g/mol. The fourth-order valence-corrected chi connectivity index (χ4v) is 8.17. The van der Waals surface area contributed by atoms with Gasteiger partial charge in [-0.2, -0.15) is 0 Å². The Kier molecular flexibility index (Phi) is 10.1. The van der Waals surface area contributed by atoms with Crippen LogP contribution in [-0.2, 0) is 19.7 Å². The van der Waals surface area contributed by atoms with Crippen molar-refractivity contribution in [3.8, 4) is 0 Å². The second-order valence-corrected chi connectivity index (χ2v) is 15.8. The van der Waals surface area contributed by atoms with E-state index >= 15 is 0 Å². The van der Waals surface area contributed by atoms with Crippen LogP contribution in [0, 0.1) is 10.8 Å². The zero-order valence-corrected chi connectivity index (χ0v) is 30.3. The van der Waals surface area contributed by atoms with Crippen LogP contribution >= 0.6 is 0 Å². The maximum atomic E-state index is 14.8. The van der Waals surface area contributed by atoms with Gasteiger partial charge >= 0.3 is 12.1 Å². The lowest BCUT2D eigenvalue weighted by Crippen LogP contribution is -2.60. The Morgan fingerprint density at radius 3 is 2.08 bits per heavy atom. The van der Waals surface area contributed by atoms with Crippen LogP contribution < -0.4 is 5.32 Å². The normalized spacial score (nSPS) is 22.6. The Morgan fingerprint density at radius 2 is 1.52 bits per heavy atom. The minimum atomic E-state index is -1.18. The second kappa shape index (κ2) is 13.7. The van der Waals surface area contributed by atoms with Crippen LogP contribution in [0.5, 0.6) is 0 Å². The van der Waals surface area contributed by atoms with E-state index < -0.39 is 41.1 Å². The number of piperidine rings is 1. The number of carboxylic acid groups (broad SMARTS) is 1. The highest BCUT2D eigenvalue weighted by Gasteiger charge is 2.51. The predicted octanol–water partition coefficient (Wildman–Crippen LogP) is 5.81. The molecule has 3 aliphatic rings. The molecule has 2 aromatic carbocycles. The van der Waals surface area contributed by atoms with Crippen molar-refractivity contribution >= 4 is 29.5 Å². The molecule has 50 heavy (non-hydrogen) atoms. The molecule has 0 aromatic heterocycles. The number of aliphatic hydroxyl groups excluding tert-OH is 1. The third-order valence-corrected chi connectivity index (χ3v) is 10.6. The van der Waals surface area contributed by atoms with E-state index in [1.807, 2.05) is 47.4 Å². The number of rotatable bonds is 7. The molecule has 0 unspecified atom stereocenters. The first kappa shape index (κ1) is 36.8. The molecule has 5 rings (SSSR count). The van der Waals surface area contributed by atoms with Crippen LogP contribution in [-0.4, -0.2) is 87.8 Å². The van der Waals surface area contributed by atoms with Gasteiger partial charge in [-0.1, -0.05) is 81.0 Å². The summed E-state index contributed by atoms with van der Waals surface area (Å²) in [6.07, 6.45) is 4.03. The van der Waals surface area contributed by atoms with Crippen LogP contribution in [0.2, 0.25) is 0 Å². The Morgan fingerprint density at radius 1 is 0.900 bits per heavy atom. The number of carbonyl (C=O) groups is 4. The lowest BCUT2D eigenvalue weighted by molar-refractivity contribution is -0.145. The molecule has 3 amide bonds. The summed E-state index contributed by atoms with van der Waals surface area (Å²) in [4.78, 5) is 56.0. The van der Waals surface area contributed by atoms with Crippen molar-refractivity contribution in [2.75, 3.05) is 26.2 Å². The fourth-order valence-electron chi connectivity index (χ4n) is 8.17. The SMILES string of the molecule is C[C@H](O)[C@@H](NC(=O)OC(C)(C)C)C(=O)N1CCC(C(=O)N2CC=C3C(C)(C)C(c4ccc(C(=O)O)cc4)=CC[C@]3(C)C2)(c2ccccc2)CC1. The molecule has 2 aromatic rings. The molecule has 0 saturated carbocycles. The van der Waals surface area contributed by atoms with E-state index in [2.05, 4.69) is 38.2 Å². The van der Waals surface area contributed by atoms with Crippen LogP contribution in [0.3, 0.4) is 0 Å². The number of alkyl carbamates (subject to hydrolysis) is 1. The molecule has 2 aliphatic heterocycles. The van der Waals surface area contributed by atoms with E-state index in [-0.39, 0.29) is 35.4 Å². The minimum absolute atomic E-state index is 0.0307. The zero-order chi connectivity index (χ0) is 36.6. The van der Waals surface area contributed by atoms with E-state index in [0.717, 1.165) is 23.1 Å². The summed E-state index contributed by atoms with van der Waals surface area (Å²) < 4.78 is 5.33. The maximum Gasteiger partial charge on any atom is 0.408 e. The van der Waals surface area contributed by atoms with E-state index in [1.54, 1.807) is 37.8 Å². The number of hydrogen-bond acceptors (Lipinski definition) is 6. The zero-order valence-electron chi connectivity index (χ0n) is 30.3. The fraction of sp³-hybridized carbons (Fsp3) is 0.500. The first-order chi connectivity index (χ1) is 23.4. The molecule has 3 N–H and O–H groups in total. The molecule has 0 spiro atoms. The molecular weight excluding hydrogens is 634 g/mol. The van der Waals surface area contributed by atoms with E-state index in [9.17, 15) is 29.4 Å². The van der Waals surface area contributed by atoms with E-state index in [1.165, 1.54) is 12.5 Å². The molecular formula is C40H51N3O7. The summed E-state index contributed by atoms with van der Waals surface area (Å²) >= 11 is 0. The molecule has 0 bridgehead atoms. The lowest BCUT2D eigenvalue weighted by atomic mass is 9.58. The van der Waals surface area contributed by atoms with Gasteiger partial charge < -0.3 is 30.1 Å². The van der Waals surface area contributed by atoms with Gasteiger partial charge in [-0.05, 0) is 75.8 Å². The van der Waals surface area contributed by atoms with Gasteiger partial charge in [-0.25, -0.2) is 9.59 Å². The van der Waals surface area contributed by atoms with Crippen molar-refractivity contribution in [1.82, 2.24) is 15.1 Å². The highest BCUT2D eigenvalue weighted by Crippen LogP contribution is 2.55. The summed E-state index contributed by atoms with van der Waals surface area (Å²) in [7, 11) is 0. The summed E-state index contributed by atoms with van der Waals surface area (Å²) in [5.41, 5.74) is 2.32. The van der Waals surface area contributed by atoms with Crippen LogP contribution in [0.25, 0.3) is 5.57 Å². The lowest BCUT2D eigenvalue weighted by Gasteiger charge is -2.52. The third-order valence-electron chi connectivity index (χ3n) is 10.6. The van der Waals surface area contributed by atoms with Crippen molar-refractivity contribution in [2.45, 2.75) is 90.9 Å². The minimum Gasteiger partial charge on any atom is -0.478 e. The van der Waals surface area contributed by atoms with Gasteiger partial charge in [0, 0.05) is 37.0 Å². The predicted molar refractivity (Wildman–Crippen MR) is 191 cm³/mol. The van der Waals surface area contributed by atoms with Crippen molar-refractivity contribution in [1.29, 1.82) is 0 Å². The number of carboxylic acids is 1. The highest BCUT2D eigenvalue weighted by molar-refractivity contribution is 5.91. The Labute approximate surface area is 295 Å². The largest absolute Gasteiger partial charge is 0.478 e. The number of carbonyl (C=O) groups excluding carboxylic acids is 3. The van der Waals surface area contributed by atoms with Crippen LogP contribution in [0.1, 0.15) is 89.2 Å². The summed E-state index contributed by atoms with van der Waals surface area (Å²) in [6.45, 7) is 14.8. The molecule has 0 radical (unpaired) electrons. The van der Waals surface area contributed by atoms with Gasteiger partial charge in [0.05, 0.1) is 17.1 Å². The second-order valence-electron chi connectivity index (χ2n) is 15.8. The van der Waals surface area contributed by atoms with Crippen molar-refractivity contribution in [3.05, 3.63) is 89.0 Å². The molecule has 10 nitrogen and oxygen atoms in total. The van der Waals surface area contributed by atoms with E-state index in [4.69, 9.17) is 4.74 Å².